The molecule has 0 spiro atoms. The Morgan fingerprint density at radius 3 is 1.76 bits per heavy atom. The largest absolute Gasteiger partial charge is 0.292 e. The van der Waals surface area contributed by atoms with Gasteiger partial charge in [-0.3, -0.25) is 19.2 Å². The molecule has 5 atom stereocenters. The van der Waals surface area contributed by atoms with Crippen LogP contribution in [0.3, 0.4) is 0 Å². The Balaban J connectivity index is 1.68. The van der Waals surface area contributed by atoms with Gasteiger partial charge in [-0.25, -0.2) is 5.01 Å². The molecule has 0 radical (unpaired) electrons. The van der Waals surface area contributed by atoms with Crippen molar-refractivity contribution < 1.29 is 19.2 Å². The summed E-state index contributed by atoms with van der Waals surface area (Å²) >= 11 is 64.0. The molecule has 0 aromatic heterocycles. The summed E-state index contributed by atoms with van der Waals surface area (Å²) in [6.45, 7) is 0. The van der Waals surface area contributed by atoms with Crippen molar-refractivity contribution in [1.82, 2.24) is 10.0 Å². The number of benzene rings is 2. The molecule has 1 saturated carbocycles. The van der Waals surface area contributed by atoms with E-state index in [-0.39, 0.29) is 43.5 Å². The van der Waals surface area contributed by atoms with Crippen molar-refractivity contribution in [2.24, 2.45) is 11.8 Å². The highest BCUT2D eigenvalue weighted by Crippen LogP contribution is 2.77. The third kappa shape index (κ3) is 4.35. The molecular weight excluding hydrogens is 759 g/mol. The van der Waals surface area contributed by atoms with Crippen molar-refractivity contribution in [3.05, 3.63) is 78.7 Å². The molecule has 16 heteroatoms. The molecule has 2 bridgehead atoms. The second kappa shape index (κ2) is 11.3. The minimum absolute atomic E-state index is 0.00521. The molecule has 3 amide bonds. The number of Topliss-reactive ketones (excluding diaryl/α,β-unsaturated/α-hetero) is 1. The lowest BCUT2D eigenvalue weighted by atomic mass is 9.84. The zero-order valence-electron chi connectivity index (χ0n) is 20.5. The van der Waals surface area contributed by atoms with E-state index >= 15 is 0 Å². The number of carbonyl (C=O) groups is 4. The summed E-state index contributed by atoms with van der Waals surface area (Å²) in [5.74, 6) is -6.94. The van der Waals surface area contributed by atoms with Crippen LogP contribution in [0.4, 0.5) is 0 Å². The van der Waals surface area contributed by atoms with Crippen LogP contribution in [0.5, 0.6) is 0 Å². The average molecular weight is 773 g/mol. The van der Waals surface area contributed by atoms with Gasteiger partial charge in [-0.15, -0.1) is 34.8 Å². The Labute approximate surface area is 289 Å². The lowest BCUT2D eigenvalue weighted by molar-refractivity contribution is -0.157. The molecule has 42 heavy (non-hydrogen) atoms. The summed E-state index contributed by atoms with van der Waals surface area (Å²) in [6.07, 6.45) is -0.185. The number of hydrazine groups is 1. The van der Waals surface area contributed by atoms with Gasteiger partial charge in [-0.05, 0) is 48.9 Å². The molecule has 222 valence electrons. The molecule has 2 fully saturated rings. The highest BCUT2D eigenvalue weighted by atomic mass is 35.5. The van der Waals surface area contributed by atoms with Crippen LogP contribution in [-0.4, -0.2) is 59.5 Å². The Morgan fingerprint density at radius 2 is 1.29 bits per heavy atom. The van der Waals surface area contributed by atoms with Crippen LogP contribution in [0.2, 0.25) is 15.1 Å². The van der Waals surface area contributed by atoms with Crippen LogP contribution in [0.25, 0.3) is 0 Å². The molecule has 2 aromatic rings. The molecule has 1 aliphatic heterocycles. The highest BCUT2D eigenvalue weighted by molar-refractivity contribution is 6.67. The normalized spacial score (nSPS) is 28.4. The molecular formula is C26H14Cl10N2O4. The zero-order valence-corrected chi connectivity index (χ0v) is 28.1. The van der Waals surface area contributed by atoms with E-state index in [1.807, 2.05) is 0 Å². The highest BCUT2D eigenvalue weighted by Gasteiger charge is 2.88. The number of nitrogens with zero attached hydrogens (tertiary/aromatic N) is 2. The van der Waals surface area contributed by atoms with E-state index < -0.39 is 55.5 Å². The fraction of sp³-hybridized carbons (Fsp3) is 0.308. The summed E-state index contributed by atoms with van der Waals surface area (Å²) in [5, 5.41) is 1.10. The fourth-order valence-corrected chi connectivity index (χ4v) is 9.16. The Morgan fingerprint density at radius 1 is 0.786 bits per heavy atom. The number of alkyl halides is 5. The second-order valence-electron chi connectivity index (χ2n) is 9.71. The van der Waals surface area contributed by atoms with Gasteiger partial charge in [0.15, 0.2) is 10.1 Å². The molecule has 6 nitrogen and oxygen atoms in total. The van der Waals surface area contributed by atoms with Crippen LogP contribution in [-0.2, 0) is 9.59 Å². The maximum absolute atomic E-state index is 14.2. The van der Waals surface area contributed by atoms with E-state index in [2.05, 4.69) is 0 Å². The fourth-order valence-electron chi connectivity index (χ4n) is 5.60. The summed E-state index contributed by atoms with van der Waals surface area (Å²) < 4.78 is -2.20. The quantitative estimate of drug-likeness (QED) is 0.161. The second-order valence-corrected chi connectivity index (χ2v) is 14.6. The van der Waals surface area contributed by atoms with Crippen molar-refractivity contribution in [3.8, 4) is 0 Å². The maximum atomic E-state index is 14.2. The van der Waals surface area contributed by atoms with Gasteiger partial charge in [0.05, 0.1) is 31.9 Å². The molecule has 5 rings (SSSR count). The third-order valence-electron chi connectivity index (χ3n) is 7.58. The zero-order chi connectivity index (χ0) is 31.1. The van der Waals surface area contributed by atoms with Gasteiger partial charge in [0.1, 0.15) is 15.8 Å². The molecule has 1 heterocycles. The SMILES string of the molecule is O=C(c1ccc(Cl)cc1)[C@@H](CCCl)N(C(=O)c1ccc(Cl)c(Cl)c1)N1C(=O)[C@@H]2[C@H](C1=O)[C@@]1(Cl)C(Cl)=C(Cl)[C@@]2(Cl)C1(Cl)Cl. The number of hydrogen-bond acceptors (Lipinski definition) is 4. The number of halogens is 10. The molecule has 3 aliphatic rings. The number of fused-ring (bicyclic) bond motifs is 5. The predicted molar refractivity (Wildman–Crippen MR) is 167 cm³/mol. The van der Waals surface area contributed by atoms with E-state index in [1.54, 1.807) is 0 Å². The predicted octanol–water partition coefficient (Wildman–Crippen LogP) is 8.33. The Hall–Kier alpha value is -0.640. The van der Waals surface area contributed by atoms with Crippen molar-refractivity contribution in [2.45, 2.75) is 26.5 Å². The molecule has 0 N–H and O–H groups in total. The van der Waals surface area contributed by atoms with E-state index in [1.165, 1.54) is 42.5 Å². The number of imide groups is 1. The standard InChI is InChI=1S/C26H14Cl10N2O4/c27-8-7-15(18(39)10-1-4-12(28)5-2-10)37(21(40)11-3-6-13(29)14(30)9-11)38-22(41)16-17(23(38)42)25(34)20(32)19(31)24(16,33)26(25,35)36/h1-6,9,15-17H,7-8H2/t15-,16-,17+,24-,25-/m1/s1. The van der Waals surface area contributed by atoms with Crippen molar-refractivity contribution in [2.75, 3.05) is 5.88 Å². The average Bonchev–Trinajstić information content (AvgIpc) is 3.33. The maximum Gasteiger partial charge on any atom is 0.273 e. The third-order valence-corrected chi connectivity index (χ3v) is 13.1. The van der Waals surface area contributed by atoms with Crippen LogP contribution < -0.4 is 0 Å². The first kappa shape index (κ1) is 32.7. The lowest BCUT2D eigenvalue weighted by Gasteiger charge is -2.39. The van der Waals surface area contributed by atoms with Crippen molar-refractivity contribution in [3.63, 3.8) is 0 Å². The summed E-state index contributed by atoms with van der Waals surface area (Å²) in [4.78, 5) is 52.2. The molecule has 2 aromatic carbocycles. The number of hydrogen-bond donors (Lipinski definition) is 0. The molecule has 1 saturated heterocycles. The number of ketones is 1. The summed E-state index contributed by atoms with van der Waals surface area (Å²) in [6, 6.07) is 8.19. The summed E-state index contributed by atoms with van der Waals surface area (Å²) in [7, 11) is 0. The Kier molecular flexibility index (Phi) is 8.82. The monoisotopic (exact) mass is 768 g/mol. The van der Waals surface area contributed by atoms with Gasteiger partial charge < -0.3 is 0 Å². The van der Waals surface area contributed by atoms with E-state index in [0.29, 0.717) is 15.0 Å². The van der Waals surface area contributed by atoms with Crippen LogP contribution in [0.15, 0.2) is 52.5 Å². The smallest absolute Gasteiger partial charge is 0.273 e. The minimum atomic E-state index is -2.20. The van der Waals surface area contributed by atoms with Crippen molar-refractivity contribution in [1.29, 1.82) is 0 Å². The van der Waals surface area contributed by atoms with E-state index in [9.17, 15) is 19.2 Å². The van der Waals surface area contributed by atoms with Gasteiger partial charge in [0.2, 0.25) is 0 Å². The first-order chi connectivity index (χ1) is 19.6. The van der Waals surface area contributed by atoms with E-state index in [4.69, 9.17) is 116 Å². The van der Waals surface area contributed by atoms with Gasteiger partial charge in [-0.1, -0.05) is 81.2 Å². The minimum Gasteiger partial charge on any atom is -0.292 e. The van der Waals surface area contributed by atoms with Gasteiger partial charge in [0.25, 0.3) is 17.7 Å². The van der Waals surface area contributed by atoms with Crippen molar-refractivity contribution >= 4 is 140 Å². The van der Waals surface area contributed by atoms with Crippen LogP contribution in [0, 0.1) is 11.8 Å². The summed E-state index contributed by atoms with van der Waals surface area (Å²) in [5.41, 5.74) is 0.0182. The first-order valence-corrected chi connectivity index (χ1v) is 15.8. The van der Waals surface area contributed by atoms with Crippen LogP contribution in [0.1, 0.15) is 27.1 Å². The first-order valence-electron chi connectivity index (χ1n) is 11.9. The topological polar surface area (TPSA) is 74.8 Å². The lowest BCUT2D eigenvalue weighted by Crippen LogP contribution is -2.60. The van der Waals surface area contributed by atoms with Gasteiger partial charge in [0, 0.05) is 22.0 Å². The van der Waals surface area contributed by atoms with E-state index in [0.717, 1.165) is 0 Å². The van der Waals surface area contributed by atoms with Gasteiger partial charge in [-0.2, -0.15) is 5.01 Å². The number of carbonyl (C=O) groups excluding carboxylic acids is 4. The molecule has 0 unspecified atom stereocenters. The Bertz CT molecular complexity index is 1540. The number of rotatable bonds is 7. The van der Waals surface area contributed by atoms with Gasteiger partial charge >= 0.3 is 0 Å². The number of amides is 3. The molecule has 2 aliphatic carbocycles. The van der Waals surface area contributed by atoms with Crippen LogP contribution >= 0.6 is 116 Å². The number of allylic oxidation sites excluding steroid dienone is 2.